The van der Waals surface area contributed by atoms with E-state index in [4.69, 9.17) is 11.5 Å². The molecule has 2 amide bonds. The van der Waals surface area contributed by atoms with Gasteiger partial charge in [-0.15, -0.1) is 0 Å². The second kappa shape index (κ2) is 8.01. The second-order valence-corrected chi connectivity index (χ2v) is 6.75. The van der Waals surface area contributed by atoms with Crippen molar-refractivity contribution in [3.8, 4) is 0 Å². The number of nitrogens with zero attached hydrogens (tertiary/aromatic N) is 1. The van der Waals surface area contributed by atoms with Gasteiger partial charge in [0.15, 0.2) is 0 Å². The molecule has 0 bridgehead atoms. The third-order valence-corrected chi connectivity index (χ3v) is 4.67. The minimum atomic E-state index is -0.214. The van der Waals surface area contributed by atoms with E-state index < -0.39 is 0 Å². The summed E-state index contributed by atoms with van der Waals surface area (Å²) in [4.78, 5) is 25.9. The highest BCUT2D eigenvalue weighted by molar-refractivity contribution is 6.04. The van der Waals surface area contributed by atoms with Gasteiger partial charge in [0.25, 0.3) is 5.91 Å². The van der Waals surface area contributed by atoms with Crippen molar-refractivity contribution >= 4 is 23.2 Å². The van der Waals surface area contributed by atoms with Crippen LogP contribution in [0.25, 0.3) is 0 Å². The maximum atomic E-state index is 12.2. The van der Waals surface area contributed by atoms with E-state index in [1.54, 1.807) is 24.3 Å². The van der Waals surface area contributed by atoms with Crippen LogP contribution in [-0.2, 0) is 11.3 Å². The van der Waals surface area contributed by atoms with Gasteiger partial charge in [-0.2, -0.15) is 0 Å². The smallest absolute Gasteiger partial charge is 0.255 e. The van der Waals surface area contributed by atoms with E-state index in [9.17, 15) is 9.59 Å². The van der Waals surface area contributed by atoms with E-state index in [0.29, 0.717) is 17.8 Å². The second-order valence-electron chi connectivity index (χ2n) is 6.75. The molecular weight excluding hydrogens is 328 g/mol. The number of carbonyl (C=O) groups is 2. The van der Waals surface area contributed by atoms with Crippen molar-refractivity contribution in [2.75, 3.05) is 24.1 Å². The highest BCUT2D eigenvalue weighted by atomic mass is 16.2. The van der Waals surface area contributed by atoms with Crippen LogP contribution in [0.5, 0.6) is 0 Å². The Morgan fingerprint density at radius 1 is 1.15 bits per heavy atom. The lowest BCUT2D eigenvalue weighted by atomic mass is 9.97. The first-order chi connectivity index (χ1) is 12.5. The molecule has 0 spiro atoms. The zero-order chi connectivity index (χ0) is 18.5. The Morgan fingerprint density at radius 2 is 1.92 bits per heavy atom. The van der Waals surface area contributed by atoms with Crippen LogP contribution in [0.4, 0.5) is 11.4 Å². The number of nitrogens with one attached hydrogen (secondary N) is 1. The molecular formula is C20H24N4O2. The van der Waals surface area contributed by atoms with Crippen LogP contribution in [0.2, 0.25) is 0 Å². The summed E-state index contributed by atoms with van der Waals surface area (Å²) in [7, 11) is 0. The number of carbonyl (C=O) groups excluding carboxylic acids is 2. The van der Waals surface area contributed by atoms with Crippen LogP contribution in [0.1, 0.15) is 28.8 Å². The van der Waals surface area contributed by atoms with Crippen molar-refractivity contribution in [2.24, 2.45) is 11.7 Å². The summed E-state index contributed by atoms with van der Waals surface area (Å²) in [6.45, 7) is 2.45. The maximum Gasteiger partial charge on any atom is 0.255 e. The molecule has 6 nitrogen and oxygen atoms in total. The number of rotatable bonds is 5. The minimum absolute atomic E-state index is 0.0550. The summed E-state index contributed by atoms with van der Waals surface area (Å²) in [5.74, 6) is -0.458. The quantitative estimate of drug-likeness (QED) is 0.718. The van der Waals surface area contributed by atoms with Gasteiger partial charge in [0.2, 0.25) is 5.91 Å². The summed E-state index contributed by atoms with van der Waals surface area (Å²) in [6.07, 6.45) is 1.86. The summed E-state index contributed by atoms with van der Waals surface area (Å²) in [6, 6.07) is 14.6. The predicted molar refractivity (Wildman–Crippen MR) is 102 cm³/mol. The van der Waals surface area contributed by atoms with Crippen LogP contribution < -0.4 is 16.8 Å². The number of nitrogens with two attached hydrogens (primary N) is 2. The van der Waals surface area contributed by atoms with Gasteiger partial charge in [-0.1, -0.05) is 18.2 Å². The van der Waals surface area contributed by atoms with Crippen LogP contribution in [0, 0.1) is 5.92 Å². The Labute approximate surface area is 153 Å². The van der Waals surface area contributed by atoms with Crippen LogP contribution in [0.3, 0.4) is 0 Å². The Balaban J connectivity index is 1.58. The molecule has 1 aliphatic rings. The highest BCUT2D eigenvalue weighted by Crippen LogP contribution is 2.19. The number of hydrogen-bond acceptors (Lipinski definition) is 4. The molecule has 6 heteroatoms. The van der Waals surface area contributed by atoms with Crippen LogP contribution in [0.15, 0.2) is 48.5 Å². The fourth-order valence-corrected chi connectivity index (χ4v) is 3.27. The number of primary amides is 1. The van der Waals surface area contributed by atoms with E-state index in [2.05, 4.69) is 10.2 Å². The summed E-state index contributed by atoms with van der Waals surface area (Å²) >= 11 is 0. The first-order valence-electron chi connectivity index (χ1n) is 8.79. The standard InChI is InChI=1S/C20H24N4O2/c21-17-5-1-3-15(11-17)20(26)23-18-8-6-14(7-9-18)12-24-10-2-4-16(13-24)19(22)25/h1,3,5-9,11,16H,2,4,10,12-13,21H2,(H2,22,25)(H,23,26). The number of amides is 2. The monoisotopic (exact) mass is 352 g/mol. The van der Waals surface area contributed by atoms with Crippen LogP contribution >= 0.6 is 0 Å². The summed E-state index contributed by atoms with van der Waals surface area (Å²) in [5.41, 5.74) is 14.1. The van der Waals surface area contributed by atoms with E-state index in [0.717, 1.165) is 37.2 Å². The van der Waals surface area contributed by atoms with Gasteiger partial charge in [0.1, 0.15) is 0 Å². The predicted octanol–water partition coefficient (Wildman–Crippen LogP) is 2.22. The Kier molecular flexibility index (Phi) is 5.53. The number of hydrogen-bond donors (Lipinski definition) is 3. The Bertz CT molecular complexity index is 789. The molecule has 5 N–H and O–H groups in total. The third kappa shape index (κ3) is 4.61. The maximum absolute atomic E-state index is 12.2. The molecule has 0 aliphatic carbocycles. The first-order valence-corrected chi connectivity index (χ1v) is 8.79. The SMILES string of the molecule is NC(=O)C1CCCN(Cc2ccc(NC(=O)c3cccc(N)c3)cc2)C1. The lowest BCUT2D eigenvalue weighted by molar-refractivity contribution is -0.123. The zero-order valence-electron chi connectivity index (χ0n) is 14.7. The van der Waals surface area contributed by atoms with Gasteiger partial charge in [-0.05, 0) is 55.3 Å². The fraction of sp³-hybridized carbons (Fsp3) is 0.300. The number of anilines is 2. The lowest BCUT2D eigenvalue weighted by Gasteiger charge is -2.31. The topological polar surface area (TPSA) is 101 Å². The van der Waals surface area contributed by atoms with Crippen molar-refractivity contribution in [2.45, 2.75) is 19.4 Å². The molecule has 1 unspecified atom stereocenters. The van der Waals surface area contributed by atoms with Gasteiger partial charge in [0, 0.05) is 30.0 Å². The molecule has 2 aromatic carbocycles. The molecule has 1 fully saturated rings. The molecule has 3 rings (SSSR count). The summed E-state index contributed by atoms with van der Waals surface area (Å²) in [5, 5.41) is 2.87. The van der Waals surface area contributed by atoms with E-state index in [1.807, 2.05) is 24.3 Å². The van der Waals surface area contributed by atoms with Crippen molar-refractivity contribution in [3.05, 3.63) is 59.7 Å². The van der Waals surface area contributed by atoms with Gasteiger partial charge >= 0.3 is 0 Å². The third-order valence-electron chi connectivity index (χ3n) is 4.67. The normalized spacial score (nSPS) is 17.6. The molecule has 1 saturated heterocycles. The molecule has 0 saturated carbocycles. The number of likely N-dealkylation sites (tertiary alicyclic amines) is 1. The highest BCUT2D eigenvalue weighted by Gasteiger charge is 2.23. The van der Waals surface area contributed by atoms with Crippen molar-refractivity contribution in [1.82, 2.24) is 4.90 Å². The fourth-order valence-electron chi connectivity index (χ4n) is 3.27. The number of nitrogen functional groups attached to an aromatic ring is 1. The van der Waals surface area contributed by atoms with Gasteiger partial charge in [-0.3, -0.25) is 14.5 Å². The van der Waals surface area contributed by atoms with E-state index >= 15 is 0 Å². The number of benzene rings is 2. The molecule has 1 atom stereocenters. The Morgan fingerprint density at radius 3 is 2.62 bits per heavy atom. The molecule has 26 heavy (non-hydrogen) atoms. The average Bonchev–Trinajstić information content (AvgIpc) is 2.63. The molecule has 2 aromatic rings. The number of piperidine rings is 1. The minimum Gasteiger partial charge on any atom is -0.399 e. The first kappa shape index (κ1) is 17.9. The molecule has 136 valence electrons. The van der Waals surface area contributed by atoms with Gasteiger partial charge in [-0.25, -0.2) is 0 Å². The van der Waals surface area contributed by atoms with E-state index in [1.165, 1.54) is 0 Å². The molecule has 1 heterocycles. The van der Waals surface area contributed by atoms with Crippen molar-refractivity contribution in [3.63, 3.8) is 0 Å². The largest absolute Gasteiger partial charge is 0.399 e. The summed E-state index contributed by atoms with van der Waals surface area (Å²) < 4.78 is 0. The molecule has 1 aliphatic heterocycles. The van der Waals surface area contributed by atoms with E-state index in [-0.39, 0.29) is 17.7 Å². The lowest BCUT2D eigenvalue weighted by Crippen LogP contribution is -2.40. The van der Waals surface area contributed by atoms with Crippen molar-refractivity contribution in [1.29, 1.82) is 0 Å². The van der Waals surface area contributed by atoms with Crippen molar-refractivity contribution < 1.29 is 9.59 Å². The van der Waals surface area contributed by atoms with Crippen LogP contribution in [-0.4, -0.2) is 29.8 Å². The molecule has 0 radical (unpaired) electrons. The van der Waals surface area contributed by atoms with Gasteiger partial charge < -0.3 is 16.8 Å². The zero-order valence-corrected chi connectivity index (χ0v) is 14.7. The Hall–Kier alpha value is -2.86. The molecule has 0 aromatic heterocycles. The average molecular weight is 352 g/mol. The van der Waals surface area contributed by atoms with Gasteiger partial charge in [0.05, 0.1) is 5.92 Å².